The van der Waals surface area contributed by atoms with Crippen molar-refractivity contribution in [2.75, 3.05) is 25.6 Å². The zero-order valence-corrected chi connectivity index (χ0v) is 11.2. The first-order chi connectivity index (χ1) is 9.18. The molecule has 0 bridgehead atoms. The molecule has 1 aliphatic heterocycles. The number of benzene rings is 2. The average Bonchev–Trinajstić information content (AvgIpc) is 2.83. The third kappa shape index (κ3) is 1.95. The molecular formula is C16H17NO2. The molecule has 0 N–H and O–H groups in total. The van der Waals surface area contributed by atoms with Crippen LogP contribution in [0.5, 0.6) is 0 Å². The van der Waals surface area contributed by atoms with Gasteiger partial charge in [-0.25, -0.2) is 0 Å². The van der Waals surface area contributed by atoms with E-state index in [0.29, 0.717) is 6.61 Å². The first-order valence-electron chi connectivity index (χ1n) is 6.54. The van der Waals surface area contributed by atoms with Crippen molar-refractivity contribution in [3.63, 3.8) is 0 Å². The molecule has 0 aliphatic carbocycles. The van der Waals surface area contributed by atoms with Gasteiger partial charge >= 0.3 is 5.97 Å². The Hall–Kier alpha value is -2.03. The van der Waals surface area contributed by atoms with Gasteiger partial charge in [0.2, 0.25) is 0 Å². The van der Waals surface area contributed by atoms with Crippen LogP contribution >= 0.6 is 0 Å². The Kier molecular flexibility index (Phi) is 2.90. The minimum atomic E-state index is -0.110. The maximum absolute atomic E-state index is 11.8. The van der Waals surface area contributed by atoms with E-state index in [9.17, 15) is 4.79 Å². The fraction of sp³-hybridized carbons (Fsp3) is 0.312. The molecule has 3 heteroatoms. The van der Waals surface area contributed by atoms with Crippen LogP contribution in [0, 0.1) is 0 Å². The molecule has 1 aliphatic rings. The predicted octanol–water partition coefficient (Wildman–Crippen LogP) is 2.94. The van der Waals surface area contributed by atoms with Gasteiger partial charge in [0, 0.05) is 25.2 Å². The van der Waals surface area contributed by atoms with Gasteiger partial charge < -0.3 is 9.64 Å². The quantitative estimate of drug-likeness (QED) is 0.773. The summed E-state index contributed by atoms with van der Waals surface area (Å²) in [5, 5.41) is 2.34. The second-order valence-corrected chi connectivity index (χ2v) is 5.12. The van der Waals surface area contributed by atoms with Crippen molar-refractivity contribution in [1.82, 2.24) is 0 Å². The van der Waals surface area contributed by atoms with E-state index >= 15 is 0 Å². The third-order valence-corrected chi connectivity index (χ3v) is 3.73. The molecule has 1 atom stereocenters. The van der Waals surface area contributed by atoms with Gasteiger partial charge in [-0.15, -0.1) is 0 Å². The van der Waals surface area contributed by atoms with Crippen LogP contribution in [0.4, 0.5) is 5.69 Å². The Bertz CT molecular complexity index is 634. The van der Waals surface area contributed by atoms with Crippen LogP contribution in [0.25, 0.3) is 10.8 Å². The predicted molar refractivity (Wildman–Crippen MR) is 76.6 cm³/mol. The molecule has 3 rings (SSSR count). The fourth-order valence-corrected chi connectivity index (χ4v) is 2.78. The molecule has 1 heterocycles. The number of nitrogens with zero attached hydrogens (tertiary/aromatic N) is 1. The molecule has 0 spiro atoms. The van der Waals surface area contributed by atoms with Crippen molar-refractivity contribution < 1.29 is 9.53 Å². The van der Waals surface area contributed by atoms with E-state index in [1.54, 1.807) is 0 Å². The summed E-state index contributed by atoms with van der Waals surface area (Å²) in [5.41, 5.74) is 2.26. The SMILES string of the molecule is CN(C)c1ccc(C2CCOC2=O)c2ccccc12. The Morgan fingerprint density at radius 1 is 1.11 bits per heavy atom. The minimum absolute atomic E-state index is 0.0947. The van der Waals surface area contributed by atoms with Gasteiger partial charge in [-0.2, -0.15) is 0 Å². The molecule has 98 valence electrons. The number of esters is 1. The highest BCUT2D eigenvalue weighted by Gasteiger charge is 2.29. The molecule has 0 saturated carbocycles. The van der Waals surface area contributed by atoms with E-state index in [0.717, 1.165) is 17.4 Å². The minimum Gasteiger partial charge on any atom is -0.465 e. The normalized spacial score (nSPS) is 18.6. The number of ether oxygens (including phenoxy) is 1. The zero-order chi connectivity index (χ0) is 13.4. The standard InChI is InChI=1S/C16H17NO2/c1-17(2)15-8-7-12(14-9-10-19-16(14)18)11-5-3-4-6-13(11)15/h3-8,14H,9-10H2,1-2H3. The summed E-state index contributed by atoms with van der Waals surface area (Å²) < 4.78 is 5.10. The average molecular weight is 255 g/mol. The van der Waals surface area contributed by atoms with Crippen LogP contribution in [0.3, 0.4) is 0 Å². The van der Waals surface area contributed by atoms with E-state index < -0.39 is 0 Å². The van der Waals surface area contributed by atoms with Crippen LogP contribution in [-0.4, -0.2) is 26.7 Å². The van der Waals surface area contributed by atoms with Gasteiger partial charge in [0.25, 0.3) is 0 Å². The highest BCUT2D eigenvalue weighted by atomic mass is 16.5. The van der Waals surface area contributed by atoms with Crippen LogP contribution in [0.2, 0.25) is 0 Å². The Labute approximate surface area is 112 Å². The van der Waals surface area contributed by atoms with Crippen LogP contribution < -0.4 is 4.90 Å². The van der Waals surface area contributed by atoms with Gasteiger partial charge in [-0.05, 0) is 23.4 Å². The molecule has 2 aromatic carbocycles. The van der Waals surface area contributed by atoms with E-state index in [-0.39, 0.29) is 11.9 Å². The number of hydrogen-bond acceptors (Lipinski definition) is 3. The van der Waals surface area contributed by atoms with Crippen molar-refractivity contribution in [3.8, 4) is 0 Å². The van der Waals surface area contributed by atoms with Crippen LogP contribution in [0.15, 0.2) is 36.4 Å². The van der Waals surface area contributed by atoms with Crippen molar-refractivity contribution in [3.05, 3.63) is 42.0 Å². The van der Waals surface area contributed by atoms with Gasteiger partial charge in [-0.1, -0.05) is 30.3 Å². The summed E-state index contributed by atoms with van der Waals surface area (Å²) >= 11 is 0. The van der Waals surface area contributed by atoms with Crippen molar-refractivity contribution in [2.24, 2.45) is 0 Å². The number of rotatable bonds is 2. The molecule has 19 heavy (non-hydrogen) atoms. The van der Waals surface area contributed by atoms with E-state index in [1.165, 1.54) is 11.1 Å². The molecule has 0 aromatic heterocycles. The lowest BCUT2D eigenvalue weighted by Gasteiger charge is -2.18. The number of carbonyl (C=O) groups excluding carboxylic acids is 1. The summed E-state index contributed by atoms with van der Waals surface area (Å²) in [7, 11) is 4.07. The summed E-state index contributed by atoms with van der Waals surface area (Å²) in [6.45, 7) is 0.535. The van der Waals surface area contributed by atoms with Gasteiger partial charge in [0.1, 0.15) is 0 Å². The lowest BCUT2D eigenvalue weighted by atomic mass is 9.91. The first-order valence-corrected chi connectivity index (χ1v) is 6.54. The maximum atomic E-state index is 11.8. The second kappa shape index (κ2) is 4.57. The largest absolute Gasteiger partial charge is 0.465 e. The Balaban J connectivity index is 2.22. The molecule has 1 fully saturated rings. The number of fused-ring (bicyclic) bond motifs is 1. The fourth-order valence-electron chi connectivity index (χ4n) is 2.78. The summed E-state index contributed by atoms with van der Waals surface area (Å²) in [6.07, 6.45) is 0.782. The van der Waals surface area contributed by atoms with Crippen molar-refractivity contribution >= 4 is 22.4 Å². The molecule has 0 radical (unpaired) electrons. The van der Waals surface area contributed by atoms with Crippen LogP contribution in [0.1, 0.15) is 17.9 Å². The van der Waals surface area contributed by atoms with Crippen LogP contribution in [-0.2, 0) is 9.53 Å². The van der Waals surface area contributed by atoms with E-state index in [1.807, 2.05) is 26.2 Å². The number of hydrogen-bond donors (Lipinski definition) is 0. The smallest absolute Gasteiger partial charge is 0.313 e. The number of carbonyl (C=O) groups is 1. The second-order valence-electron chi connectivity index (χ2n) is 5.12. The van der Waals surface area contributed by atoms with E-state index in [4.69, 9.17) is 4.74 Å². The zero-order valence-electron chi connectivity index (χ0n) is 11.2. The van der Waals surface area contributed by atoms with Crippen molar-refractivity contribution in [1.29, 1.82) is 0 Å². The molecule has 2 aromatic rings. The summed E-state index contributed by atoms with van der Waals surface area (Å²) in [4.78, 5) is 13.9. The maximum Gasteiger partial charge on any atom is 0.313 e. The highest BCUT2D eigenvalue weighted by molar-refractivity contribution is 5.99. The molecular weight excluding hydrogens is 238 g/mol. The Morgan fingerprint density at radius 3 is 2.47 bits per heavy atom. The summed E-state index contributed by atoms with van der Waals surface area (Å²) in [6, 6.07) is 12.4. The first kappa shape index (κ1) is 12.0. The van der Waals surface area contributed by atoms with E-state index in [2.05, 4.69) is 29.2 Å². The van der Waals surface area contributed by atoms with Gasteiger partial charge in [0.15, 0.2) is 0 Å². The monoisotopic (exact) mass is 255 g/mol. The lowest BCUT2D eigenvalue weighted by molar-refractivity contribution is -0.139. The third-order valence-electron chi connectivity index (χ3n) is 3.73. The number of cyclic esters (lactones) is 1. The molecule has 3 nitrogen and oxygen atoms in total. The summed E-state index contributed by atoms with van der Waals surface area (Å²) in [5.74, 6) is -0.205. The lowest BCUT2D eigenvalue weighted by Crippen LogP contribution is -2.11. The van der Waals surface area contributed by atoms with Gasteiger partial charge in [-0.3, -0.25) is 4.79 Å². The Morgan fingerprint density at radius 2 is 1.84 bits per heavy atom. The van der Waals surface area contributed by atoms with Crippen molar-refractivity contribution in [2.45, 2.75) is 12.3 Å². The highest BCUT2D eigenvalue weighted by Crippen LogP contribution is 2.35. The molecule has 0 amide bonds. The topological polar surface area (TPSA) is 29.5 Å². The van der Waals surface area contributed by atoms with Gasteiger partial charge in [0.05, 0.1) is 12.5 Å². The molecule has 1 saturated heterocycles. The number of anilines is 1. The molecule has 1 unspecified atom stereocenters.